The number of nitrogens with zero attached hydrogens (tertiary/aromatic N) is 3. The summed E-state index contributed by atoms with van der Waals surface area (Å²) in [5.74, 6) is 0.959. The first-order chi connectivity index (χ1) is 27.8. The molecule has 270 valence electrons. The fraction of sp³-hybridized carbons (Fsp3) is 0.135. The van der Waals surface area contributed by atoms with Crippen LogP contribution in [0.1, 0.15) is 59.4 Å². The maximum atomic E-state index is 5.47. The van der Waals surface area contributed by atoms with Crippen LogP contribution in [0.25, 0.3) is 33.7 Å². The van der Waals surface area contributed by atoms with Crippen molar-refractivity contribution >= 4 is 39.8 Å². The number of fused-ring (bicyclic) bond motifs is 6. The molecule has 0 amide bonds. The van der Waals surface area contributed by atoms with E-state index in [4.69, 9.17) is 4.99 Å². The van der Waals surface area contributed by atoms with Gasteiger partial charge in [-0.1, -0.05) is 146 Å². The minimum atomic E-state index is -0.0280. The number of rotatable bonds is 6. The number of anilines is 2. The summed E-state index contributed by atoms with van der Waals surface area (Å²) < 4.78 is 2.57. The fourth-order valence-electron chi connectivity index (χ4n) is 9.59. The van der Waals surface area contributed by atoms with E-state index in [1.807, 2.05) is 0 Å². The third-order valence-corrected chi connectivity index (χ3v) is 12.2. The van der Waals surface area contributed by atoms with Gasteiger partial charge in [0, 0.05) is 45.6 Å². The van der Waals surface area contributed by atoms with Gasteiger partial charge in [0.2, 0.25) is 0 Å². The molecule has 6 aromatic carbocycles. The first kappa shape index (κ1) is 32.8. The predicted octanol–water partition coefficient (Wildman–Crippen LogP) is 12.3. The third-order valence-electron chi connectivity index (χ3n) is 12.2. The molecule has 3 atom stereocenters. The number of allylic oxidation sites excluding steroid dienone is 3. The van der Waals surface area contributed by atoms with Crippen LogP contribution in [0.15, 0.2) is 192 Å². The number of aliphatic imine (C=N–C) groups is 1. The van der Waals surface area contributed by atoms with E-state index in [1.165, 1.54) is 72.5 Å². The summed E-state index contributed by atoms with van der Waals surface area (Å²) in [5.41, 5.74) is 17.0. The van der Waals surface area contributed by atoms with Gasteiger partial charge in [0.1, 0.15) is 12.0 Å². The van der Waals surface area contributed by atoms with Crippen molar-refractivity contribution < 1.29 is 0 Å². The van der Waals surface area contributed by atoms with Crippen LogP contribution < -0.4 is 10.2 Å². The molecule has 0 fully saturated rings. The zero-order valence-corrected chi connectivity index (χ0v) is 31.2. The van der Waals surface area contributed by atoms with Gasteiger partial charge in [0.05, 0.1) is 17.6 Å². The van der Waals surface area contributed by atoms with Crippen molar-refractivity contribution in [3.05, 3.63) is 215 Å². The van der Waals surface area contributed by atoms with Crippen molar-refractivity contribution in [1.29, 1.82) is 0 Å². The number of hydrogen-bond donors (Lipinski definition) is 1. The second-order valence-corrected chi connectivity index (χ2v) is 15.4. The standard InChI is InChI=1S/C52H42N4/c1-4-14-35(15-5-1)36-24-28-41(29-25-36)55-47-22-12-10-20-42(47)44-32-39(26-30-49(44)55)40-27-31-50-45(33-40)43-21-11-13-23-48(43)56(50)51-34-46(37-16-6-2-7-17-37)53-52(54-51)38-18-8-3-9-19-38/h1-26,28-29,32-33,46,49,51H,27,30-31,34H2,(H,53,54). The fourth-order valence-corrected chi connectivity index (χ4v) is 9.59. The van der Waals surface area contributed by atoms with Crippen molar-refractivity contribution in [1.82, 2.24) is 9.88 Å². The van der Waals surface area contributed by atoms with Gasteiger partial charge < -0.3 is 14.8 Å². The van der Waals surface area contributed by atoms with Crippen molar-refractivity contribution in [3.8, 4) is 11.1 Å². The Kier molecular flexibility index (Phi) is 7.94. The zero-order valence-electron chi connectivity index (χ0n) is 31.2. The van der Waals surface area contributed by atoms with Crippen molar-refractivity contribution in [2.24, 2.45) is 4.99 Å². The van der Waals surface area contributed by atoms with Gasteiger partial charge in [0.25, 0.3) is 0 Å². The van der Waals surface area contributed by atoms with Crippen LogP contribution in [0, 0.1) is 0 Å². The number of benzene rings is 6. The zero-order chi connectivity index (χ0) is 37.0. The molecule has 3 heterocycles. The Morgan fingerprint density at radius 1 is 0.607 bits per heavy atom. The minimum Gasteiger partial charge on any atom is -0.363 e. The molecule has 2 aliphatic heterocycles. The van der Waals surface area contributed by atoms with Gasteiger partial charge in [-0.2, -0.15) is 0 Å². The molecule has 1 N–H and O–H groups in total. The van der Waals surface area contributed by atoms with Crippen LogP contribution in [0.3, 0.4) is 0 Å². The molecule has 0 saturated carbocycles. The summed E-state index contributed by atoms with van der Waals surface area (Å²) in [4.78, 5) is 8.02. The minimum absolute atomic E-state index is 0.0280. The second-order valence-electron chi connectivity index (χ2n) is 15.4. The molecular weight excluding hydrogens is 681 g/mol. The maximum Gasteiger partial charge on any atom is 0.131 e. The molecule has 0 saturated heterocycles. The summed E-state index contributed by atoms with van der Waals surface area (Å²) in [6.07, 6.45) is 11.3. The van der Waals surface area contributed by atoms with Gasteiger partial charge in [-0.25, -0.2) is 4.99 Å². The highest BCUT2D eigenvalue weighted by atomic mass is 15.2. The molecule has 4 nitrogen and oxygen atoms in total. The average Bonchev–Trinajstić information content (AvgIpc) is 3.79. The SMILES string of the molecule is C1=C(C2=Cc3c(n(C4CC(c5ccccc5)NC(c5ccccc5)=N4)c4ccccc34)CC2)C=C2c3ccccc3N(c3ccc(-c4ccccc4)cc3)C2C1. The Balaban J connectivity index is 0.954. The lowest BCUT2D eigenvalue weighted by atomic mass is 9.84. The van der Waals surface area contributed by atoms with E-state index >= 15 is 0 Å². The normalized spacial score (nSPS) is 19.9. The maximum absolute atomic E-state index is 5.47. The van der Waals surface area contributed by atoms with Crippen LogP contribution >= 0.6 is 0 Å². The van der Waals surface area contributed by atoms with Crippen molar-refractivity contribution in [2.45, 2.75) is 43.9 Å². The summed E-state index contributed by atoms with van der Waals surface area (Å²) >= 11 is 0. The van der Waals surface area contributed by atoms with Gasteiger partial charge in [-0.15, -0.1) is 0 Å². The highest BCUT2D eigenvalue weighted by molar-refractivity contribution is 6.00. The molecule has 4 aliphatic rings. The molecule has 1 aromatic heterocycles. The molecule has 0 spiro atoms. The van der Waals surface area contributed by atoms with Crippen molar-refractivity contribution in [3.63, 3.8) is 0 Å². The molecule has 0 radical (unpaired) electrons. The Bertz CT molecular complexity index is 2720. The van der Waals surface area contributed by atoms with Crippen LogP contribution in [0.5, 0.6) is 0 Å². The van der Waals surface area contributed by atoms with Crippen LogP contribution in [0.2, 0.25) is 0 Å². The predicted molar refractivity (Wildman–Crippen MR) is 232 cm³/mol. The monoisotopic (exact) mass is 722 g/mol. The van der Waals surface area contributed by atoms with Crippen molar-refractivity contribution in [2.75, 3.05) is 4.90 Å². The summed E-state index contributed by atoms with van der Waals surface area (Å²) in [6.45, 7) is 0. The van der Waals surface area contributed by atoms with E-state index in [1.54, 1.807) is 0 Å². The summed E-state index contributed by atoms with van der Waals surface area (Å²) in [6, 6.07) is 59.6. The van der Waals surface area contributed by atoms with Crippen LogP contribution in [-0.2, 0) is 6.42 Å². The number of nitrogens with one attached hydrogen (secondary N) is 1. The Labute approximate surface area is 328 Å². The molecule has 0 bridgehead atoms. The van der Waals surface area contributed by atoms with E-state index in [-0.39, 0.29) is 18.2 Å². The lowest BCUT2D eigenvalue weighted by molar-refractivity contribution is 0.399. The molecule has 4 heteroatoms. The van der Waals surface area contributed by atoms with E-state index in [2.05, 4.69) is 197 Å². The molecule has 11 rings (SSSR count). The van der Waals surface area contributed by atoms with E-state index < -0.39 is 0 Å². The molecule has 7 aromatic rings. The number of hydrogen-bond acceptors (Lipinski definition) is 3. The number of amidine groups is 1. The highest BCUT2D eigenvalue weighted by Gasteiger charge is 2.37. The molecule has 56 heavy (non-hydrogen) atoms. The largest absolute Gasteiger partial charge is 0.363 e. The Hall–Kier alpha value is -6.65. The first-order valence-corrected chi connectivity index (χ1v) is 20.0. The van der Waals surface area contributed by atoms with Crippen LogP contribution in [0.4, 0.5) is 11.4 Å². The molecular formula is C52H42N4. The lowest BCUT2D eigenvalue weighted by Gasteiger charge is -2.33. The van der Waals surface area contributed by atoms with Gasteiger partial charge in [-0.05, 0) is 89.1 Å². The van der Waals surface area contributed by atoms with Gasteiger partial charge in [0.15, 0.2) is 0 Å². The van der Waals surface area contributed by atoms with E-state index in [0.29, 0.717) is 0 Å². The quantitative estimate of drug-likeness (QED) is 0.185. The smallest absolute Gasteiger partial charge is 0.131 e. The number of aromatic nitrogens is 1. The topological polar surface area (TPSA) is 32.6 Å². The second kappa shape index (κ2) is 13.6. The number of para-hydroxylation sites is 2. The molecule has 2 aliphatic carbocycles. The Morgan fingerprint density at radius 3 is 2.09 bits per heavy atom. The van der Waals surface area contributed by atoms with Gasteiger partial charge in [-0.3, -0.25) is 0 Å². The lowest BCUT2D eigenvalue weighted by Crippen LogP contribution is -2.36. The summed E-state index contributed by atoms with van der Waals surface area (Å²) in [5, 5.41) is 5.12. The van der Waals surface area contributed by atoms with Crippen LogP contribution in [-0.4, -0.2) is 16.4 Å². The third kappa shape index (κ3) is 5.55. The first-order valence-electron chi connectivity index (χ1n) is 20.0. The summed E-state index contributed by atoms with van der Waals surface area (Å²) in [7, 11) is 0. The Morgan fingerprint density at radius 2 is 1.29 bits per heavy atom. The average molecular weight is 723 g/mol. The highest BCUT2D eigenvalue weighted by Crippen LogP contribution is 2.50. The van der Waals surface area contributed by atoms with E-state index in [0.717, 1.165) is 37.1 Å². The van der Waals surface area contributed by atoms with E-state index in [9.17, 15) is 0 Å². The van der Waals surface area contributed by atoms with Gasteiger partial charge >= 0.3 is 0 Å². The molecule has 3 unspecified atom stereocenters.